The van der Waals surface area contributed by atoms with Gasteiger partial charge in [-0.05, 0) is 37.8 Å². The van der Waals surface area contributed by atoms with Crippen molar-refractivity contribution in [1.82, 2.24) is 0 Å². The Hall–Kier alpha value is -1.41. The molecule has 2 unspecified atom stereocenters. The number of nitrogens with zero attached hydrogens (tertiary/aromatic N) is 1. The molecule has 2 atom stereocenters. The molecule has 0 saturated carbocycles. The number of thioether (sulfide) groups is 1. The van der Waals surface area contributed by atoms with Gasteiger partial charge in [-0.25, -0.2) is 8.78 Å². The summed E-state index contributed by atoms with van der Waals surface area (Å²) in [5.41, 5.74) is -0.0397. The third-order valence-corrected chi connectivity index (χ3v) is 5.73. The number of Topliss-reactive ketones (excluding diaryl/α,β-unsaturated/α-hetero) is 1. The number of hydrogen-bond donors (Lipinski definition) is 0. The van der Waals surface area contributed by atoms with Crippen LogP contribution in [0.2, 0.25) is 0 Å². The van der Waals surface area contributed by atoms with E-state index in [1.807, 2.05) is 11.8 Å². The number of hydrogen-bond acceptors (Lipinski definition) is 3. The maximum absolute atomic E-state index is 13.3. The highest BCUT2D eigenvalue weighted by molar-refractivity contribution is 8.00. The van der Waals surface area contributed by atoms with Gasteiger partial charge in [-0.1, -0.05) is 0 Å². The maximum Gasteiger partial charge on any atom is 0.167 e. The van der Waals surface area contributed by atoms with E-state index < -0.39 is 11.6 Å². The molecule has 1 aromatic carbocycles. The second kappa shape index (κ2) is 5.17. The first kappa shape index (κ1) is 13.6. The minimum absolute atomic E-state index is 0.0303. The summed E-state index contributed by atoms with van der Waals surface area (Å²) >= 11 is 1.93. The minimum atomic E-state index is -1.09. The molecule has 3 rings (SSSR count). The molecule has 0 N–H and O–H groups in total. The summed E-state index contributed by atoms with van der Waals surface area (Å²) in [6.45, 7) is 0. The Balaban J connectivity index is 1.91. The molecule has 0 aromatic heterocycles. The van der Waals surface area contributed by atoms with Crippen LogP contribution in [0.5, 0.6) is 0 Å². The molecule has 0 amide bonds. The third-order valence-electron chi connectivity index (χ3n) is 4.11. The van der Waals surface area contributed by atoms with Crippen molar-refractivity contribution < 1.29 is 13.6 Å². The van der Waals surface area contributed by atoms with Crippen molar-refractivity contribution in [1.29, 1.82) is 5.26 Å². The smallest absolute Gasteiger partial charge is 0.167 e. The number of ketones is 1. The summed E-state index contributed by atoms with van der Waals surface area (Å²) in [4.78, 5) is 12.5. The van der Waals surface area contributed by atoms with Gasteiger partial charge >= 0.3 is 0 Å². The first-order valence-electron chi connectivity index (χ1n) is 6.67. The third kappa shape index (κ3) is 2.33. The van der Waals surface area contributed by atoms with E-state index in [9.17, 15) is 13.6 Å². The first-order valence-corrected chi connectivity index (χ1v) is 7.61. The van der Waals surface area contributed by atoms with Crippen LogP contribution in [0.4, 0.5) is 8.78 Å². The minimum Gasteiger partial charge on any atom is -0.294 e. The van der Waals surface area contributed by atoms with Crippen molar-refractivity contribution in [2.24, 2.45) is 5.92 Å². The molecule has 2 fully saturated rings. The topological polar surface area (TPSA) is 40.9 Å². The Kier molecular flexibility index (Phi) is 3.51. The number of halogens is 2. The quantitative estimate of drug-likeness (QED) is 0.781. The van der Waals surface area contributed by atoms with Crippen LogP contribution < -0.4 is 0 Å². The molecule has 0 aliphatic carbocycles. The zero-order chi connectivity index (χ0) is 14.3. The molecule has 2 saturated heterocycles. The lowest BCUT2D eigenvalue weighted by Crippen LogP contribution is -2.25. The summed E-state index contributed by atoms with van der Waals surface area (Å²) in [5, 5.41) is 10.00. The number of benzene rings is 1. The molecule has 2 nitrogen and oxygen atoms in total. The van der Waals surface area contributed by atoms with Gasteiger partial charge in [0.05, 0.1) is 11.6 Å². The van der Waals surface area contributed by atoms with Crippen molar-refractivity contribution in [3.63, 3.8) is 0 Å². The molecular formula is C15H13F2NOS. The number of rotatable bonds is 2. The fourth-order valence-corrected chi connectivity index (χ4v) is 4.91. The van der Waals surface area contributed by atoms with Crippen molar-refractivity contribution in [3.8, 4) is 6.07 Å². The largest absolute Gasteiger partial charge is 0.294 e. The second-order valence-corrected chi connectivity index (χ2v) is 7.02. The average molecular weight is 293 g/mol. The molecule has 0 radical (unpaired) electrons. The molecule has 1 aromatic rings. The van der Waals surface area contributed by atoms with E-state index in [0.717, 1.165) is 37.8 Å². The highest BCUT2D eigenvalue weighted by Crippen LogP contribution is 2.46. The van der Waals surface area contributed by atoms with Crippen LogP contribution in [0.1, 0.15) is 41.6 Å². The Morgan fingerprint density at radius 3 is 2.40 bits per heavy atom. The van der Waals surface area contributed by atoms with Crippen LogP contribution in [0.25, 0.3) is 0 Å². The van der Waals surface area contributed by atoms with Gasteiger partial charge in [-0.2, -0.15) is 17.0 Å². The SMILES string of the molecule is N#Cc1cc(F)c(F)cc1C(=O)C1CC2CCC(C1)S2. The monoisotopic (exact) mass is 293 g/mol. The molecular weight excluding hydrogens is 280 g/mol. The zero-order valence-electron chi connectivity index (χ0n) is 10.7. The summed E-state index contributed by atoms with van der Waals surface area (Å²) in [6.07, 6.45) is 3.82. The van der Waals surface area contributed by atoms with Crippen molar-refractivity contribution in [2.45, 2.75) is 36.2 Å². The van der Waals surface area contributed by atoms with E-state index >= 15 is 0 Å². The number of carbonyl (C=O) groups is 1. The lowest BCUT2D eigenvalue weighted by molar-refractivity contribution is 0.0906. The normalized spacial score (nSPS) is 28.1. The fraction of sp³-hybridized carbons (Fsp3) is 0.467. The Morgan fingerprint density at radius 1 is 1.20 bits per heavy atom. The molecule has 0 spiro atoms. The van der Waals surface area contributed by atoms with Crippen LogP contribution in [0.3, 0.4) is 0 Å². The van der Waals surface area contributed by atoms with E-state index in [4.69, 9.17) is 5.26 Å². The standard InChI is InChI=1S/C15H13F2NOS/c16-13-5-9(7-18)12(6-14(13)17)15(19)8-3-10-1-2-11(4-8)20-10/h5-6,8,10-11H,1-4H2. The Morgan fingerprint density at radius 2 is 1.80 bits per heavy atom. The predicted octanol–water partition coefficient (Wildman–Crippen LogP) is 3.69. The van der Waals surface area contributed by atoms with E-state index in [1.165, 1.54) is 0 Å². The van der Waals surface area contributed by atoms with Gasteiger partial charge in [0.25, 0.3) is 0 Å². The molecule has 104 valence electrons. The lowest BCUT2D eigenvalue weighted by atomic mass is 9.88. The first-order chi connectivity index (χ1) is 9.58. The van der Waals surface area contributed by atoms with Gasteiger partial charge in [0, 0.05) is 22.0 Å². The molecule has 20 heavy (non-hydrogen) atoms. The van der Waals surface area contributed by atoms with Crippen LogP contribution in [-0.2, 0) is 0 Å². The predicted molar refractivity (Wildman–Crippen MR) is 72.5 cm³/mol. The van der Waals surface area contributed by atoms with Gasteiger partial charge in [0.2, 0.25) is 0 Å². The van der Waals surface area contributed by atoms with E-state index in [-0.39, 0.29) is 22.8 Å². The molecule has 2 aliphatic heterocycles. The molecule has 2 aliphatic rings. The summed E-state index contributed by atoms with van der Waals surface area (Å²) in [5.74, 6) is -2.53. The summed E-state index contributed by atoms with van der Waals surface area (Å²) in [7, 11) is 0. The van der Waals surface area contributed by atoms with E-state index in [2.05, 4.69) is 0 Å². The average Bonchev–Trinajstić information content (AvgIpc) is 2.79. The van der Waals surface area contributed by atoms with Gasteiger partial charge in [-0.15, -0.1) is 0 Å². The van der Waals surface area contributed by atoms with Gasteiger partial charge < -0.3 is 0 Å². The van der Waals surface area contributed by atoms with E-state index in [0.29, 0.717) is 10.5 Å². The van der Waals surface area contributed by atoms with Crippen LogP contribution in [-0.4, -0.2) is 16.3 Å². The second-order valence-electron chi connectivity index (χ2n) is 5.41. The van der Waals surface area contributed by atoms with Crippen LogP contribution in [0, 0.1) is 28.9 Å². The number of fused-ring (bicyclic) bond motifs is 2. The Bertz CT molecular complexity index is 599. The van der Waals surface area contributed by atoms with Crippen molar-refractivity contribution >= 4 is 17.5 Å². The number of carbonyl (C=O) groups excluding carboxylic acids is 1. The summed E-state index contributed by atoms with van der Waals surface area (Å²) < 4.78 is 26.5. The van der Waals surface area contributed by atoms with Crippen LogP contribution in [0.15, 0.2) is 12.1 Å². The molecule has 5 heteroatoms. The fourth-order valence-electron chi connectivity index (χ4n) is 3.13. The lowest BCUT2D eigenvalue weighted by Gasteiger charge is -2.26. The van der Waals surface area contributed by atoms with Crippen molar-refractivity contribution in [3.05, 3.63) is 34.9 Å². The van der Waals surface area contributed by atoms with E-state index in [1.54, 1.807) is 6.07 Å². The Labute approximate surface area is 120 Å². The molecule has 2 bridgehead atoms. The zero-order valence-corrected chi connectivity index (χ0v) is 11.6. The van der Waals surface area contributed by atoms with Crippen LogP contribution >= 0.6 is 11.8 Å². The number of nitriles is 1. The highest BCUT2D eigenvalue weighted by Gasteiger charge is 2.38. The highest BCUT2D eigenvalue weighted by atomic mass is 32.2. The molecule has 2 heterocycles. The van der Waals surface area contributed by atoms with Gasteiger partial charge in [0.15, 0.2) is 17.4 Å². The maximum atomic E-state index is 13.3. The van der Waals surface area contributed by atoms with Gasteiger partial charge in [0.1, 0.15) is 0 Å². The van der Waals surface area contributed by atoms with Gasteiger partial charge in [-0.3, -0.25) is 4.79 Å². The van der Waals surface area contributed by atoms with Crippen molar-refractivity contribution in [2.75, 3.05) is 0 Å². The summed E-state index contributed by atoms with van der Waals surface area (Å²) in [6, 6.07) is 3.48.